The van der Waals surface area contributed by atoms with Gasteiger partial charge in [-0.05, 0) is 27.7 Å². The maximum Gasteiger partial charge on any atom is 0.280 e. The topological polar surface area (TPSA) is 103 Å². The van der Waals surface area contributed by atoms with Gasteiger partial charge in [0.2, 0.25) is 0 Å². The van der Waals surface area contributed by atoms with Crippen LogP contribution in [-0.4, -0.2) is 61.2 Å². The second-order valence-corrected chi connectivity index (χ2v) is 7.59. The van der Waals surface area contributed by atoms with Crippen molar-refractivity contribution in [1.82, 2.24) is 13.9 Å². The van der Waals surface area contributed by atoms with Crippen LogP contribution in [0.2, 0.25) is 0 Å². The highest BCUT2D eigenvalue weighted by molar-refractivity contribution is 7.87. The molecule has 1 fully saturated rings. The molecule has 1 saturated heterocycles. The number of nitrogens with one attached hydrogen (secondary N) is 2. The minimum absolute atomic E-state index is 0.115. The molecule has 1 rings (SSSR count). The molecule has 1 aliphatic rings. The van der Waals surface area contributed by atoms with Gasteiger partial charge in [-0.25, -0.2) is 0 Å². The van der Waals surface area contributed by atoms with Crippen LogP contribution in [-0.2, 0) is 10.2 Å². The van der Waals surface area contributed by atoms with Gasteiger partial charge in [0, 0.05) is 31.7 Å². The first kappa shape index (κ1) is 16.4. The summed E-state index contributed by atoms with van der Waals surface area (Å²) in [5.41, 5.74) is 4.98. The largest absolute Gasteiger partial charge is 0.386 e. The fourth-order valence-corrected chi connectivity index (χ4v) is 3.53. The molecule has 0 amide bonds. The van der Waals surface area contributed by atoms with E-state index in [-0.39, 0.29) is 11.9 Å². The monoisotopic (exact) mass is 291 g/mol. The molecule has 112 valence electrons. The molecule has 8 heteroatoms. The van der Waals surface area contributed by atoms with Crippen molar-refractivity contribution in [1.29, 1.82) is 5.41 Å². The first-order valence-corrected chi connectivity index (χ1v) is 7.84. The first-order chi connectivity index (χ1) is 8.53. The zero-order valence-corrected chi connectivity index (χ0v) is 12.9. The van der Waals surface area contributed by atoms with Gasteiger partial charge >= 0.3 is 0 Å². The summed E-state index contributed by atoms with van der Waals surface area (Å²) < 4.78 is 28.4. The second-order valence-electron chi connectivity index (χ2n) is 5.92. The third-order valence-electron chi connectivity index (χ3n) is 3.05. The molecular weight excluding hydrogens is 266 g/mol. The molecule has 0 aliphatic carbocycles. The zero-order chi connectivity index (χ0) is 14.8. The van der Waals surface area contributed by atoms with Gasteiger partial charge in [0.25, 0.3) is 10.2 Å². The summed E-state index contributed by atoms with van der Waals surface area (Å²) in [6.45, 7) is 9.33. The Morgan fingerprint density at radius 1 is 1.26 bits per heavy atom. The number of rotatable bonds is 4. The molecule has 19 heavy (non-hydrogen) atoms. The van der Waals surface area contributed by atoms with Gasteiger partial charge in [0.1, 0.15) is 5.84 Å². The molecule has 0 spiro atoms. The number of piperazine rings is 1. The lowest BCUT2D eigenvalue weighted by molar-refractivity contribution is 0.171. The predicted octanol–water partition coefficient (Wildman–Crippen LogP) is -0.439. The van der Waals surface area contributed by atoms with E-state index < -0.39 is 15.7 Å². The molecule has 0 saturated carbocycles. The van der Waals surface area contributed by atoms with Crippen molar-refractivity contribution in [2.45, 2.75) is 39.3 Å². The lowest BCUT2D eigenvalue weighted by Crippen LogP contribution is -2.57. The Hall–Kier alpha value is -0.700. The molecule has 1 atom stereocenters. The van der Waals surface area contributed by atoms with Crippen molar-refractivity contribution in [3.8, 4) is 0 Å². The van der Waals surface area contributed by atoms with Crippen LogP contribution in [0, 0.1) is 5.41 Å². The number of nitrogens with two attached hydrogens (primary N) is 1. The van der Waals surface area contributed by atoms with Crippen molar-refractivity contribution in [2.24, 2.45) is 5.73 Å². The van der Waals surface area contributed by atoms with Crippen molar-refractivity contribution >= 4 is 16.0 Å². The van der Waals surface area contributed by atoms with Crippen LogP contribution >= 0.6 is 0 Å². The summed E-state index contributed by atoms with van der Waals surface area (Å²) >= 11 is 0. The predicted molar refractivity (Wildman–Crippen MR) is 76.3 cm³/mol. The lowest BCUT2D eigenvalue weighted by atomic mass is 10.1. The van der Waals surface area contributed by atoms with Crippen LogP contribution in [0.1, 0.15) is 27.7 Å². The second kappa shape index (κ2) is 5.74. The van der Waals surface area contributed by atoms with E-state index in [1.165, 1.54) is 4.31 Å². The maximum absolute atomic E-state index is 12.1. The number of nitrogens with zero attached hydrogens (tertiary/aromatic N) is 2. The van der Waals surface area contributed by atoms with Crippen LogP contribution < -0.4 is 10.5 Å². The van der Waals surface area contributed by atoms with Crippen molar-refractivity contribution in [2.75, 3.05) is 26.2 Å². The SMILES string of the molecule is CC(C(=N)N)N1CCN(S(=O)(=O)NC(C)(C)C)CC1. The minimum atomic E-state index is -3.44. The maximum atomic E-state index is 12.1. The highest BCUT2D eigenvalue weighted by atomic mass is 32.2. The van der Waals surface area contributed by atoms with E-state index >= 15 is 0 Å². The third kappa shape index (κ3) is 4.72. The Kier molecular flexibility index (Phi) is 4.94. The van der Waals surface area contributed by atoms with Crippen molar-refractivity contribution < 1.29 is 8.42 Å². The van der Waals surface area contributed by atoms with E-state index in [1.54, 1.807) is 0 Å². The Balaban J connectivity index is 2.61. The van der Waals surface area contributed by atoms with Gasteiger partial charge < -0.3 is 5.73 Å². The molecule has 1 heterocycles. The van der Waals surface area contributed by atoms with E-state index in [4.69, 9.17) is 11.1 Å². The summed E-state index contributed by atoms with van der Waals surface area (Å²) in [6.07, 6.45) is 0. The molecule has 4 N–H and O–H groups in total. The van der Waals surface area contributed by atoms with Crippen LogP contribution in [0.5, 0.6) is 0 Å². The van der Waals surface area contributed by atoms with Gasteiger partial charge in [-0.1, -0.05) is 0 Å². The van der Waals surface area contributed by atoms with Gasteiger partial charge in [-0.2, -0.15) is 17.4 Å². The molecular formula is C11H25N5O2S. The molecule has 1 unspecified atom stereocenters. The summed E-state index contributed by atoms with van der Waals surface area (Å²) in [5.74, 6) is 0.115. The molecule has 7 nitrogen and oxygen atoms in total. The Morgan fingerprint density at radius 3 is 2.11 bits per heavy atom. The number of amidine groups is 1. The molecule has 0 aromatic rings. The quantitative estimate of drug-likeness (QED) is 0.483. The molecule has 0 aromatic heterocycles. The van der Waals surface area contributed by atoms with Crippen molar-refractivity contribution in [3.05, 3.63) is 0 Å². The minimum Gasteiger partial charge on any atom is -0.386 e. The van der Waals surface area contributed by atoms with Crippen LogP contribution in [0.4, 0.5) is 0 Å². The average Bonchev–Trinajstić information content (AvgIpc) is 2.25. The molecule has 0 aromatic carbocycles. The van der Waals surface area contributed by atoms with Gasteiger partial charge in [-0.3, -0.25) is 10.3 Å². The standard InChI is InChI=1S/C11H25N5O2S/c1-9(10(12)13)15-5-7-16(8-6-15)19(17,18)14-11(2,3)4/h9,14H,5-8H2,1-4H3,(H3,12,13). The fraction of sp³-hybridized carbons (Fsp3) is 0.909. The van der Waals surface area contributed by atoms with Gasteiger partial charge in [0.05, 0.1) is 6.04 Å². The average molecular weight is 291 g/mol. The number of hydrogen-bond acceptors (Lipinski definition) is 4. The lowest BCUT2D eigenvalue weighted by Gasteiger charge is -2.37. The van der Waals surface area contributed by atoms with Crippen LogP contribution in [0.3, 0.4) is 0 Å². The summed E-state index contributed by atoms with van der Waals surface area (Å²) in [4.78, 5) is 2.02. The Morgan fingerprint density at radius 2 is 1.74 bits per heavy atom. The van der Waals surface area contributed by atoms with E-state index in [9.17, 15) is 8.42 Å². The van der Waals surface area contributed by atoms with Crippen molar-refractivity contribution in [3.63, 3.8) is 0 Å². The summed E-state index contributed by atoms with van der Waals surface area (Å²) in [6, 6.07) is -0.138. The van der Waals surface area contributed by atoms with Gasteiger partial charge in [0.15, 0.2) is 0 Å². The molecule has 1 aliphatic heterocycles. The first-order valence-electron chi connectivity index (χ1n) is 6.40. The van der Waals surface area contributed by atoms with Crippen LogP contribution in [0.25, 0.3) is 0 Å². The highest BCUT2D eigenvalue weighted by Gasteiger charge is 2.31. The van der Waals surface area contributed by atoms with E-state index in [1.807, 2.05) is 32.6 Å². The summed E-state index contributed by atoms with van der Waals surface area (Å²) in [5, 5.41) is 7.42. The smallest absolute Gasteiger partial charge is 0.280 e. The Labute approximate surface area is 115 Å². The molecule has 0 radical (unpaired) electrons. The fourth-order valence-electron chi connectivity index (χ4n) is 1.98. The van der Waals surface area contributed by atoms with Gasteiger partial charge in [-0.15, -0.1) is 0 Å². The Bertz CT molecular complexity index is 421. The van der Waals surface area contributed by atoms with E-state index in [2.05, 4.69) is 4.72 Å². The summed E-state index contributed by atoms with van der Waals surface area (Å²) in [7, 11) is -3.44. The van der Waals surface area contributed by atoms with Crippen LogP contribution in [0.15, 0.2) is 0 Å². The third-order valence-corrected chi connectivity index (χ3v) is 4.96. The number of hydrogen-bond donors (Lipinski definition) is 3. The highest BCUT2D eigenvalue weighted by Crippen LogP contribution is 2.11. The zero-order valence-electron chi connectivity index (χ0n) is 12.1. The van der Waals surface area contributed by atoms with E-state index in [0.717, 1.165) is 0 Å². The normalized spacial score (nSPS) is 21.3. The molecule has 0 bridgehead atoms. The van der Waals surface area contributed by atoms with E-state index in [0.29, 0.717) is 26.2 Å².